The first-order valence-electron chi connectivity index (χ1n) is 8.63. The molecule has 134 valence electrons. The Morgan fingerprint density at radius 3 is 2.74 bits per heavy atom. The predicted octanol–water partition coefficient (Wildman–Crippen LogP) is 3.78. The summed E-state index contributed by atoms with van der Waals surface area (Å²) in [6.07, 6.45) is 5.36. The van der Waals surface area contributed by atoms with Crippen molar-refractivity contribution in [3.8, 4) is 0 Å². The van der Waals surface area contributed by atoms with Crippen LogP contribution in [0.1, 0.15) is 52.9 Å². The molecule has 0 aromatic rings. The van der Waals surface area contributed by atoms with Crippen LogP contribution < -0.4 is 0 Å². The standard InChI is InChI=1S/C17H30INO4/c1-16(2,3)23-15(20)19-9-6-8-17(12-18,13-19)22-11-14-7-4-5-10-21-14/h14H,4-13H2,1-3H3. The van der Waals surface area contributed by atoms with Crippen LogP contribution in [0, 0.1) is 0 Å². The van der Waals surface area contributed by atoms with E-state index in [0.717, 1.165) is 43.3 Å². The number of amides is 1. The van der Waals surface area contributed by atoms with Crippen molar-refractivity contribution < 1.29 is 19.0 Å². The van der Waals surface area contributed by atoms with Crippen LogP contribution in [0.4, 0.5) is 4.79 Å². The van der Waals surface area contributed by atoms with Gasteiger partial charge in [0.05, 0.1) is 24.9 Å². The first-order chi connectivity index (χ1) is 10.8. The summed E-state index contributed by atoms with van der Waals surface area (Å²) in [5.41, 5.74) is -0.727. The number of piperidine rings is 1. The van der Waals surface area contributed by atoms with E-state index in [4.69, 9.17) is 14.2 Å². The molecule has 2 saturated heterocycles. The van der Waals surface area contributed by atoms with E-state index in [1.165, 1.54) is 6.42 Å². The summed E-state index contributed by atoms with van der Waals surface area (Å²) in [7, 11) is 0. The number of nitrogens with zero attached hydrogens (tertiary/aromatic N) is 1. The highest BCUT2D eigenvalue weighted by Crippen LogP contribution is 2.29. The Labute approximate surface area is 153 Å². The first-order valence-corrected chi connectivity index (χ1v) is 10.2. The Balaban J connectivity index is 1.90. The Hall–Kier alpha value is -0.0800. The summed E-state index contributed by atoms with van der Waals surface area (Å²) in [6.45, 7) is 8.53. The first kappa shape index (κ1) is 19.2. The number of likely N-dealkylation sites (tertiary alicyclic amines) is 1. The average molecular weight is 439 g/mol. The molecule has 0 spiro atoms. The lowest BCUT2D eigenvalue weighted by Gasteiger charge is -2.42. The molecule has 0 N–H and O–H groups in total. The number of alkyl halides is 1. The van der Waals surface area contributed by atoms with Crippen molar-refractivity contribution in [3.05, 3.63) is 0 Å². The minimum Gasteiger partial charge on any atom is -0.444 e. The van der Waals surface area contributed by atoms with Gasteiger partial charge in [0, 0.05) is 17.6 Å². The van der Waals surface area contributed by atoms with Crippen LogP contribution in [-0.4, -0.2) is 59.0 Å². The van der Waals surface area contributed by atoms with E-state index in [9.17, 15) is 4.79 Å². The zero-order chi connectivity index (χ0) is 16.9. The van der Waals surface area contributed by atoms with Gasteiger partial charge in [0.2, 0.25) is 0 Å². The Bertz CT molecular complexity index is 393. The van der Waals surface area contributed by atoms with Crippen LogP contribution in [0.25, 0.3) is 0 Å². The van der Waals surface area contributed by atoms with Gasteiger partial charge < -0.3 is 19.1 Å². The van der Waals surface area contributed by atoms with Crippen molar-refractivity contribution in [2.45, 2.75) is 70.2 Å². The molecule has 2 aliphatic rings. The van der Waals surface area contributed by atoms with E-state index in [1.807, 2.05) is 20.8 Å². The second-order valence-electron chi connectivity index (χ2n) is 7.62. The molecule has 2 heterocycles. The number of hydrogen-bond donors (Lipinski definition) is 0. The molecule has 0 aromatic heterocycles. The summed E-state index contributed by atoms with van der Waals surface area (Å²) in [6, 6.07) is 0. The van der Waals surface area contributed by atoms with E-state index >= 15 is 0 Å². The van der Waals surface area contributed by atoms with E-state index < -0.39 is 5.60 Å². The van der Waals surface area contributed by atoms with Crippen molar-refractivity contribution in [1.29, 1.82) is 0 Å². The van der Waals surface area contributed by atoms with E-state index in [2.05, 4.69) is 22.6 Å². The molecular weight excluding hydrogens is 409 g/mol. The highest BCUT2D eigenvalue weighted by atomic mass is 127. The zero-order valence-corrected chi connectivity index (χ0v) is 16.8. The summed E-state index contributed by atoms with van der Waals surface area (Å²) in [5, 5.41) is 0. The van der Waals surface area contributed by atoms with Gasteiger partial charge in [-0.15, -0.1) is 0 Å². The third kappa shape index (κ3) is 6.05. The molecule has 2 fully saturated rings. The average Bonchev–Trinajstić information content (AvgIpc) is 2.53. The Morgan fingerprint density at radius 2 is 2.13 bits per heavy atom. The largest absolute Gasteiger partial charge is 0.444 e. The van der Waals surface area contributed by atoms with E-state index in [0.29, 0.717) is 13.2 Å². The SMILES string of the molecule is CC(C)(C)OC(=O)N1CCCC(CI)(OCC2CCCCO2)C1. The van der Waals surface area contributed by atoms with Crippen LogP contribution in [0.15, 0.2) is 0 Å². The predicted molar refractivity (Wildman–Crippen MR) is 98.2 cm³/mol. The second-order valence-corrected chi connectivity index (χ2v) is 8.38. The molecule has 5 nitrogen and oxygen atoms in total. The monoisotopic (exact) mass is 439 g/mol. The minimum absolute atomic E-state index is 0.209. The highest BCUT2D eigenvalue weighted by Gasteiger charge is 2.39. The molecule has 2 aliphatic heterocycles. The van der Waals surface area contributed by atoms with Gasteiger partial charge in [0.25, 0.3) is 0 Å². The van der Waals surface area contributed by atoms with Crippen LogP contribution in [-0.2, 0) is 14.2 Å². The van der Waals surface area contributed by atoms with Crippen LogP contribution in [0.3, 0.4) is 0 Å². The Morgan fingerprint density at radius 1 is 1.35 bits per heavy atom. The highest BCUT2D eigenvalue weighted by molar-refractivity contribution is 14.1. The van der Waals surface area contributed by atoms with Crippen LogP contribution in [0.2, 0.25) is 0 Å². The van der Waals surface area contributed by atoms with Gasteiger partial charge >= 0.3 is 6.09 Å². The molecule has 0 aliphatic carbocycles. The fourth-order valence-corrected chi connectivity index (χ4v) is 3.90. The van der Waals surface area contributed by atoms with Gasteiger partial charge in [-0.25, -0.2) is 4.79 Å². The second kappa shape index (κ2) is 8.34. The fourth-order valence-electron chi connectivity index (χ4n) is 3.05. The van der Waals surface area contributed by atoms with Crippen molar-refractivity contribution in [1.82, 2.24) is 4.90 Å². The quantitative estimate of drug-likeness (QED) is 0.494. The summed E-state index contributed by atoms with van der Waals surface area (Å²) in [4.78, 5) is 14.1. The molecule has 1 amide bonds. The third-order valence-electron chi connectivity index (χ3n) is 4.28. The van der Waals surface area contributed by atoms with E-state index in [-0.39, 0.29) is 17.8 Å². The van der Waals surface area contributed by atoms with Gasteiger partial charge in [0.15, 0.2) is 0 Å². The number of carbonyl (C=O) groups is 1. The van der Waals surface area contributed by atoms with Crippen molar-refractivity contribution in [2.24, 2.45) is 0 Å². The minimum atomic E-state index is -0.460. The van der Waals surface area contributed by atoms with Crippen molar-refractivity contribution >= 4 is 28.7 Å². The topological polar surface area (TPSA) is 48.0 Å². The smallest absolute Gasteiger partial charge is 0.410 e. The van der Waals surface area contributed by atoms with Gasteiger partial charge in [-0.2, -0.15) is 0 Å². The maximum Gasteiger partial charge on any atom is 0.410 e. The lowest BCUT2D eigenvalue weighted by Crippen LogP contribution is -2.54. The van der Waals surface area contributed by atoms with E-state index in [1.54, 1.807) is 4.90 Å². The zero-order valence-electron chi connectivity index (χ0n) is 14.6. The lowest BCUT2D eigenvalue weighted by atomic mass is 9.94. The number of hydrogen-bond acceptors (Lipinski definition) is 4. The number of ether oxygens (including phenoxy) is 3. The molecule has 0 aromatic carbocycles. The fraction of sp³-hybridized carbons (Fsp3) is 0.941. The number of carbonyl (C=O) groups excluding carboxylic acids is 1. The van der Waals surface area contributed by atoms with Crippen molar-refractivity contribution in [3.63, 3.8) is 0 Å². The maximum absolute atomic E-state index is 12.3. The normalized spacial score (nSPS) is 29.4. The third-order valence-corrected chi connectivity index (χ3v) is 5.67. The molecule has 0 radical (unpaired) electrons. The molecule has 2 atom stereocenters. The summed E-state index contributed by atoms with van der Waals surface area (Å²) >= 11 is 2.37. The van der Waals surface area contributed by atoms with Gasteiger partial charge in [0.1, 0.15) is 5.60 Å². The van der Waals surface area contributed by atoms with Gasteiger partial charge in [-0.3, -0.25) is 0 Å². The maximum atomic E-state index is 12.3. The molecule has 2 unspecified atom stereocenters. The number of halogens is 1. The van der Waals surface area contributed by atoms with Gasteiger partial charge in [-0.05, 0) is 52.9 Å². The van der Waals surface area contributed by atoms with Crippen LogP contribution in [0.5, 0.6) is 0 Å². The molecular formula is C17H30INO4. The molecule has 0 bridgehead atoms. The lowest BCUT2D eigenvalue weighted by molar-refractivity contribution is -0.118. The molecule has 23 heavy (non-hydrogen) atoms. The number of rotatable bonds is 4. The Kier molecular flexibility index (Phi) is 6.98. The summed E-state index contributed by atoms with van der Waals surface area (Å²) < 4.78 is 18.4. The molecule has 0 saturated carbocycles. The molecule has 2 rings (SSSR count). The summed E-state index contributed by atoms with van der Waals surface area (Å²) in [5.74, 6) is 0. The van der Waals surface area contributed by atoms with Gasteiger partial charge in [-0.1, -0.05) is 22.6 Å². The molecule has 6 heteroatoms. The van der Waals surface area contributed by atoms with Crippen molar-refractivity contribution in [2.75, 3.05) is 30.7 Å². The van der Waals surface area contributed by atoms with Crippen LogP contribution >= 0.6 is 22.6 Å².